The van der Waals surface area contributed by atoms with Crippen LogP contribution in [0.3, 0.4) is 0 Å². The Morgan fingerprint density at radius 2 is 1.87 bits per heavy atom. The number of hydrogen-bond donors (Lipinski definition) is 1. The van der Waals surface area contributed by atoms with Crippen LogP contribution in [0.15, 0.2) is 36.9 Å². The molecule has 2 rings (SSSR count). The van der Waals surface area contributed by atoms with Gasteiger partial charge in [0.15, 0.2) is 0 Å². The summed E-state index contributed by atoms with van der Waals surface area (Å²) in [6.07, 6.45) is 4.85. The van der Waals surface area contributed by atoms with Gasteiger partial charge in [0.1, 0.15) is 12.4 Å². The van der Waals surface area contributed by atoms with Gasteiger partial charge in [-0.2, -0.15) is 5.26 Å². The summed E-state index contributed by atoms with van der Waals surface area (Å²) < 4.78 is 0. The first-order chi connectivity index (χ1) is 7.31. The second-order valence-corrected chi connectivity index (χ2v) is 3.04. The summed E-state index contributed by atoms with van der Waals surface area (Å²) in [4.78, 5) is 7.83. The van der Waals surface area contributed by atoms with Gasteiger partial charge >= 0.3 is 0 Å². The van der Waals surface area contributed by atoms with Crippen LogP contribution in [0, 0.1) is 11.3 Å². The number of nitrogen functional groups attached to an aromatic ring is 1. The number of benzene rings is 1. The highest BCUT2D eigenvalue weighted by molar-refractivity contribution is 5.68. The van der Waals surface area contributed by atoms with E-state index in [1.165, 1.54) is 6.33 Å². The van der Waals surface area contributed by atoms with Crippen LogP contribution in [0.5, 0.6) is 0 Å². The number of hydrogen-bond acceptors (Lipinski definition) is 4. The van der Waals surface area contributed by atoms with Crippen LogP contribution < -0.4 is 5.73 Å². The van der Waals surface area contributed by atoms with Gasteiger partial charge in [0.25, 0.3) is 0 Å². The van der Waals surface area contributed by atoms with Gasteiger partial charge in [-0.25, -0.2) is 9.97 Å². The van der Waals surface area contributed by atoms with Crippen molar-refractivity contribution in [3.8, 4) is 17.2 Å². The van der Waals surface area contributed by atoms with Crippen molar-refractivity contribution in [2.45, 2.75) is 0 Å². The molecule has 15 heavy (non-hydrogen) atoms. The number of anilines is 1. The average molecular weight is 196 g/mol. The Kier molecular flexibility index (Phi) is 2.30. The minimum atomic E-state index is 0.469. The van der Waals surface area contributed by atoms with E-state index in [0.29, 0.717) is 11.3 Å². The lowest BCUT2D eigenvalue weighted by atomic mass is 10.1. The molecule has 0 saturated heterocycles. The van der Waals surface area contributed by atoms with E-state index in [1.807, 2.05) is 12.1 Å². The molecule has 72 valence electrons. The minimum Gasteiger partial charge on any atom is -0.398 e. The Balaban J connectivity index is 2.52. The molecule has 4 nitrogen and oxygen atoms in total. The van der Waals surface area contributed by atoms with Gasteiger partial charge in [0, 0.05) is 23.6 Å². The molecule has 0 fully saturated rings. The van der Waals surface area contributed by atoms with Crippen molar-refractivity contribution >= 4 is 5.69 Å². The molecule has 4 heteroatoms. The predicted molar refractivity (Wildman–Crippen MR) is 56.6 cm³/mol. The first-order valence-corrected chi connectivity index (χ1v) is 4.36. The van der Waals surface area contributed by atoms with Crippen molar-refractivity contribution in [1.29, 1.82) is 5.26 Å². The molecule has 0 aliphatic heterocycles. The van der Waals surface area contributed by atoms with Gasteiger partial charge in [-0.1, -0.05) is 6.07 Å². The maximum Gasteiger partial charge on any atom is 0.115 e. The molecule has 2 aromatic rings. The lowest BCUT2D eigenvalue weighted by Crippen LogP contribution is -1.91. The SMILES string of the molecule is N#Cc1cc(-c2cncnc2)ccc1N. The second-order valence-electron chi connectivity index (χ2n) is 3.04. The quantitative estimate of drug-likeness (QED) is 0.703. The number of nitriles is 1. The zero-order valence-electron chi connectivity index (χ0n) is 7.88. The van der Waals surface area contributed by atoms with Gasteiger partial charge in [-0.3, -0.25) is 0 Å². The molecule has 0 amide bonds. The standard InChI is InChI=1S/C11H8N4/c12-4-9-3-8(1-2-11(9)13)10-5-14-7-15-6-10/h1-3,5-7H,13H2. The molecule has 0 bridgehead atoms. The molecule has 0 aliphatic rings. The van der Waals surface area contributed by atoms with E-state index >= 15 is 0 Å². The Labute approximate surface area is 87.0 Å². The molecule has 0 atom stereocenters. The van der Waals surface area contributed by atoms with E-state index in [0.717, 1.165) is 11.1 Å². The Morgan fingerprint density at radius 1 is 1.13 bits per heavy atom. The third-order valence-electron chi connectivity index (χ3n) is 2.07. The van der Waals surface area contributed by atoms with E-state index < -0.39 is 0 Å². The summed E-state index contributed by atoms with van der Waals surface area (Å²) in [6, 6.07) is 7.32. The molecule has 0 radical (unpaired) electrons. The molecule has 0 spiro atoms. The molecule has 1 aromatic heterocycles. The highest BCUT2D eigenvalue weighted by Crippen LogP contribution is 2.21. The molecule has 0 aliphatic carbocycles. The Bertz CT molecular complexity index is 514. The van der Waals surface area contributed by atoms with Gasteiger partial charge in [-0.15, -0.1) is 0 Å². The molecule has 2 N–H and O–H groups in total. The highest BCUT2D eigenvalue weighted by atomic mass is 14.8. The van der Waals surface area contributed by atoms with Crippen LogP contribution >= 0.6 is 0 Å². The maximum absolute atomic E-state index is 8.83. The van der Waals surface area contributed by atoms with Crippen LogP contribution in [0.2, 0.25) is 0 Å². The van der Waals surface area contributed by atoms with E-state index in [4.69, 9.17) is 11.0 Å². The van der Waals surface area contributed by atoms with Crippen LogP contribution in [0.25, 0.3) is 11.1 Å². The van der Waals surface area contributed by atoms with Crippen molar-refractivity contribution < 1.29 is 0 Å². The summed E-state index contributed by atoms with van der Waals surface area (Å²) in [5, 5.41) is 8.83. The van der Waals surface area contributed by atoms with Gasteiger partial charge < -0.3 is 5.73 Å². The first kappa shape index (κ1) is 9.16. The van der Waals surface area contributed by atoms with Gasteiger partial charge in [0.2, 0.25) is 0 Å². The van der Waals surface area contributed by atoms with Crippen LogP contribution in [0.4, 0.5) is 5.69 Å². The molecule has 1 aromatic carbocycles. The third kappa shape index (κ3) is 1.76. The maximum atomic E-state index is 8.83. The normalized spacial score (nSPS) is 9.53. The van der Waals surface area contributed by atoms with Gasteiger partial charge in [0.05, 0.1) is 5.56 Å². The summed E-state index contributed by atoms with van der Waals surface area (Å²) in [5.74, 6) is 0. The molecular weight excluding hydrogens is 188 g/mol. The average Bonchev–Trinajstić information content (AvgIpc) is 2.31. The summed E-state index contributed by atoms with van der Waals surface area (Å²) in [7, 11) is 0. The first-order valence-electron chi connectivity index (χ1n) is 4.36. The summed E-state index contributed by atoms with van der Waals surface area (Å²) in [5.41, 5.74) is 8.34. The molecule has 0 saturated carbocycles. The van der Waals surface area contributed by atoms with E-state index in [9.17, 15) is 0 Å². The lowest BCUT2D eigenvalue weighted by Gasteiger charge is -2.02. The van der Waals surface area contributed by atoms with E-state index in [-0.39, 0.29) is 0 Å². The van der Waals surface area contributed by atoms with Crippen LogP contribution in [-0.4, -0.2) is 9.97 Å². The summed E-state index contributed by atoms with van der Waals surface area (Å²) >= 11 is 0. The highest BCUT2D eigenvalue weighted by Gasteiger charge is 2.02. The smallest absolute Gasteiger partial charge is 0.115 e. The Hall–Kier alpha value is -2.41. The van der Waals surface area contributed by atoms with Crippen LogP contribution in [-0.2, 0) is 0 Å². The van der Waals surface area contributed by atoms with Gasteiger partial charge in [-0.05, 0) is 17.7 Å². The van der Waals surface area contributed by atoms with Crippen LogP contribution in [0.1, 0.15) is 5.56 Å². The fraction of sp³-hybridized carbons (Fsp3) is 0. The third-order valence-corrected chi connectivity index (χ3v) is 2.07. The van der Waals surface area contributed by atoms with E-state index in [1.54, 1.807) is 24.5 Å². The van der Waals surface area contributed by atoms with Crippen molar-refractivity contribution in [3.05, 3.63) is 42.5 Å². The topological polar surface area (TPSA) is 75.6 Å². The fourth-order valence-electron chi connectivity index (χ4n) is 1.28. The lowest BCUT2D eigenvalue weighted by molar-refractivity contribution is 1.17. The predicted octanol–water partition coefficient (Wildman–Crippen LogP) is 1.60. The van der Waals surface area contributed by atoms with E-state index in [2.05, 4.69) is 9.97 Å². The van der Waals surface area contributed by atoms with Crippen molar-refractivity contribution in [1.82, 2.24) is 9.97 Å². The number of aromatic nitrogens is 2. The monoisotopic (exact) mass is 196 g/mol. The largest absolute Gasteiger partial charge is 0.398 e. The zero-order chi connectivity index (χ0) is 10.7. The van der Waals surface area contributed by atoms with Crippen molar-refractivity contribution in [2.75, 3.05) is 5.73 Å². The second kappa shape index (κ2) is 3.76. The molecule has 0 unspecified atom stereocenters. The molecular formula is C11H8N4. The number of nitrogens with two attached hydrogens (primary N) is 1. The zero-order valence-corrected chi connectivity index (χ0v) is 7.88. The molecule has 1 heterocycles. The minimum absolute atomic E-state index is 0.469. The van der Waals surface area contributed by atoms with Crippen molar-refractivity contribution in [3.63, 3.8) is 0 Å². The van der Waals surface area contributed by atoms with Crippen molar-refractivity contribution in [2.24, 2.45) is 0 Å². The number of rotatable bonds is 1. The number of nitrogens with zero attached hydrogens (tertiary/aromatic N) is 3. The fourth-order valence-corrected chi connectivity index (χ4v) is 1.28. The Morgan fingerprint density at radius 3 is 2.53 bits per heavy atom. The summed E-state index contributed by atoms with van der Waals surface area (Å²) in [6.45, 7) is 0.